The van der Waals surface area contributed by atoms with Crippen LogP contribution in [0.4, 0.5) is 11.4 Å². The quantitative estimate of drug-likeness (QED) is 0.641. The minimum Gasteiger partial charge on any atom is -0.368 e. The molecule has 3 rings (SSSR count). The van der Waals surface area contributed by atoms with E-state index < -0.39 is 0 Å². The van der Waals surface area contributed by atoms with E-state index in [0.717, 1.165) is 13.1 Å². The van der Waals surface area contributed by atoms with Gasteiger partial charge in [-0.1, -0.05) is 12.1 Å². The fourth-order valence-electron chi connectivity index (χ4n) is 3.28. The third kappa shape index (κ3) is 4.97. The van der Waals surface area contributed by atoms with Crippen LogP contribution in [-0.2, 0) is 9.59 Å². The number of aryl methyl sites for hydroxylation is 1. The Morgan fingerprint density at radius 1 is 0.964 bits per heavy atom. The van der Waals surface area contributed by atoms with Crippen LogP contribution in [0.15, 0.2) is 48.5 Å². The minimum atomic E-state index is -0.346. The monoisotopic (exact) mass is 379 g/mol. The summed E-state index contributed by atoms with van der Waals surface area (Å²) in [4.78, 5) is 39.9. The number of anilines is 2. The summed E-state index contributed by atoms with van der Waals surface area (Å²) in [5, 5.41) is 2.71. The number of rotatable bonds is 5. The lowest BCUT2D eigenvalue weighted by Gasteiger charge is -2.36. The van der Waals surface area contributed by atoms with Crippen molar-refractivity contribution in [1.82, 2.24) is 4.90 Å². The molecule has 6 nitrogen and oxygen atoms in total. The molecular weight excluding hydrogens is 354 g/mol. The molecule has 0 saturated carbocycles. The van der Waals surface area contributed by atoms with Crippen LogP contribution in [0.5, 0.6) is 0 Å². The van der Waals surface area contributed by atoms with Crippen LogP contribution in [0.2, 0.25) is 0 Å². The van der Waals surface area contributed by atoms with Crippen molar-refractivity contribution in [3.8, 4) is 0 Å². The molecule has 1 aliphatic rings. The van der Waals surface area contributed by atoms with E-state index in [0.29, 0.717) is 24.3 Å². The first-order chi connectivity index (χ1) is 13.4. The van der Waals surface area contributed by atoms with Gasteiger partial charge in [-0.2, -0.15) is 0 Å². The first kappa shape index (κ1) is 19.6. The van der Waals surface area contributed by atoms with E-state index in [-0.39, 0.29) is 24.0 Å². The predicted molar refractivity (Wildman–Crippen MR) is 110 cm³/mol. The lowest BCUT2D eigenvalue weighted by Crippen LogP contribution is -2.49. The highest BCUT2D eigenvalue weighted by atomic mass is 16.2. The number of amides is 2. The molecule has 0 radical (unpaired) electrons. The molecule has 1 heterocycles. The highest BCUT2D eigenvalue weighted by Gasteiger charge is 2.23. The van der Waals surface area contributed by atoms with Gasteiger partial charge < -0.3 is 15.1 Å². The Kier molecular flexibility index (Phi) is 6.09. The second kappa shape index (κ2) is 8.69. The molecule has 0 unspecified atom stereocenters. The Morgan fingerprint density at radius 2 is 1.64 bits per heavy atom. The predicted octanol–water partition coefficient (Wildman–Crippen LogP) is 2.88. The molecule has 0 aliphatic carbocycles. The molecule has 146 valence electrons. The van der Waals surface area contributed by atoms with Crippen LogP contribution >= 0.6 is 0 Å². The number of nitrogens with zero attached hydrogens (tertiary/aromatic N) is 2. The number of piperazine rings is 1. The van der Waals surface area contributed by atoms with Gasteiger partial charge in [-0.05, 0) is 55.8 Å². The van der Waals surface area contributed by atoms with Crippen LogP contribution < -0.4 is 10.2 Å². The van der Waals surface area contributed by atoms with Crippen molar-refractivity contribution in [2.45, 2.75) is 20.3 Å². The van der Waals surface area contributed by atoms with Crippen LogP contribution in [0.3, 0.4) is 0 Å². The standard InChI is InChI=1S/C22H25N3O3/c1-16-4-3-5-20(14-16)24-10-12-25(13-11-24)22(28)15-21(27)23-19-8-6-18(7-9-19)17(2)26/h3-9,14H,10-13,15H2,1-2H3,(H,23,27). The van der Waals surface area contributed by atoms with Gasteiger partial charge in [0.1, 0.15) is 6.42 Å². The van der Waals surface area contributed by atoms with Gasteiger partial charge in [0, 0.05) is 43.1 Å². The maximum Gasteiger partial charge on any atom is 0.233 e. The average Bonchev–Trinajstić information content (AvgIpc) is 2.68. The van der Waals surface area contributed by atoms with E-state index in [1.807, 2.05) is 6.07 Å². The Hall–Kier alpha value is -3.15. The number of benzene rings is 2. The molecule has 0 atom stereocenters. The molecule has 0 aromatic heterocycles. The summed E-state index contributed by atoms with van der Waals surface area (Å²) < 4.78 is 0. The number of nitrogens with one attached hydrogen (secondary N) is 1. The number of ketones is 1. The molecule has 1 aliphatic heterocycles. The number of carbonyl (C=O) groups is 3. The van der Waals surface area contributed by atoms with Gasteiger partial charge in [0.05, 0.1) is 0 Å². The van der Waals surface area contributed by atoms with Crippen molar-refractivity contribution >= 4 is 29.0 Å². The Bertz CT molecular complexity index is 869. The zero-order valence-corrected chi connectivity index (χ0v) is 16.3. The molecule has 6 heteroatoms. The molecule has 2 aromatic rings. The number of carbonyl (C=O) groups excluding carboxylic acids is 3. The summed E-state index contributed by atoms with van der Waals surface area (Å²) in [5.74, 6) is -0.540. The SMILES string of the molecule is CC(=O)c1ccc(NC(=O)CC(=O)N2CCN(c3cccc(C)c3)CC2)cc1. The first-order valence-corrected chi connectivity index (χ1v) is 9.42. The molecule has 0 bridgehead atoms. The second-order valence-corrected chi connectivity index (χ2v) is 7.07. The Labute approximate surface area is 165 Å². The van der Waals surface area contributed by atoms with Gasteiger partial charge in [0.2, 0.25) is 11.8 Å². The summed E-state index contributed by atoms with van der Waals surface area (Å²) in [6.07, 6.45) is -0.182. The third-order valence-electron chi connectivity index (χ3n) is 4.89. The van der Waals surface area contributed by atoms with E-state index in [1.165, 1.54) is 18.2 Å². The van der Waals surface area contributed by atoms with Crippen molar-refractivity contribution in [1.29, 1.82) is 0 Å². The number of Topliss-reactive ketones (excluding diaryl/α,β-unsaturated/α-hetero) is 1. The second-order valence-electron chi connectivity index (χ2n) is 7.07. The van der Waals surface area contributed by atoms with E-state index in [4.69, 9.17) is 0 Å². The van der Waals surface area contributed by atoms with Crippen molar-refractivity contribution < 1.29 is 14.4 Å². The van der Waals surface area contributed by atoms with Crippen LogP contribution in [0.25, 0.3) is 0 Å². The van der Waals surface area contributed by atoms with E-state index in [1.54, 1.807) is 29.2 Å². The Balaban J connectivity index is 1.48. The largest absolute Gasteiger partial charge is 0.368 e. The summed E-state index contributed by atoms with van der Waals surface area (Å²) in [7, 11) is 0. The summed E-state index contributed by atoms with van der Waals surface area (Å²) in [5.41, 5.74) is 3.54. The fourth-order valence-corrected chi connectivity index (χ4v) is 3.28. The van der Waals surface area contributed by atoms with Crippen molar-refractivity contribution in [3.63, 3.8) is 0 Å². The highest BCUT2D eigenvalue weighted by Crippen LogP contribution is 2.18. The van der Waals surface area contributed by atoms with Crippen LogP contribution in [-0.4, -0.2) is 48.7 Å². The average molecular weight is 379 g/mol. The number of hydrogen-bond acceptors (Lipinski definition) is 4. The van der Waals surface area contributed by atoms with Crippen molar-refractivity contribution in [2.75, 3.05) is 36.4 Å². The van der Waals surface area contributed by atoms with E-state index in [9.17, 15) is 14.4 Å². The third-order valence-corrected chi connectivity index (χ3v) is 4.89. The van der Waals surface area contributed by atoms with Gasteiger partial charge in [-0.15, -0.1) is 0 Å². The Morgan fingerprint density at radius 3 is 2.25 bits per heavy atom. The molecule has 0 spiro atoms. The molecular formula is C22H25N3O3. The van der Waals surface area contributed by atoms with Gasteiger partial charge in [0.15, 0.2) is 5.78 Å². The molecule has 1 fully saturated rings. The molecule has 1 N–H and O–H groups in total. The van der Waals surface area contributed by atoms with Crippen molar-refractivity contribution in [3.05, 3.63) is 59.7 Å². The summed E-state index contributed by atoms with van der Waals surface area (Å²) in [6.45, 7) is 6.27. The zero-order valence-electron chi connectivity index (χ0n) is 16.3. The maximum atomic E-state index is 12.4. The lowest BCUT2D eigenvalue weighted by molar-refractivity contribution is -0.134. The molecule has 28 heavy (non-hydrogen) atoms. The van der Waals surface area contributed by atoms with E-state index >= 15 is 0 Å². The minimum absolute atomic E-state index is 0.0298. The normalized spacial score (nSPS) is 13.9. The smallest absolute Gasteiger partial charge is 0.233 e. The first-order valence-electron chi connectivity index (χ1n) is 9.42. The van der Waals surface area contributed by atoms with E-state index in [2.05, 4.69) is 35.3 Å². The maximum absolute atomic E-state index is 12.4. The number of hydrogen-bond donors (Lipinski definition) is 1. The zero-order chi connectivity index (χ0) is 20.1. The van der Waals surface area contributed by atoms with Gasteiger partial charge in [-0.25, -0.2) is 0 Å². The summed E-state index contributed by atoms with van der Waals surface area (Å²) >= 11 is 0. The topological polar surface area (TPSA) is 69.7 Å². The molecule has 2 amide bonds. The van der Waals surface area contributed by atoms with Gasteiger partial charge in [0.25, 0.3) is 0 Å². The van der Waals surface area contributed by atoms with Gasteiger partial charge in [-0.3, -0.25) is 14.4 Å². The highest BCUT2D eigenvalue weighted by molar-refractivity contribution is 6.04. The van der Waals surface area contributed by atoms with Crippen LogP contribution in [0, 0.1) is 6.92 Å². The van der Waals surface area contributed by atoms with Crippen molar-refractivity contribution in [2.24, 2.45) is 0 Å². The molecule has 1 saturated heterocycles. The molecule has 2 aromatic carbocycles. The van der Waals surface area contributed by atoms with Gasteiger partial charge >= 0.3 is 0 Å². The lowest BCUT2D eigenvalue weighted by atomic mass is 10.1. The van der Waals surface area contributed by atoms with Crippen LogP contribution in [0.1, 0.15) is 29.3 Å². The fraction of sp³-hybridized carbons (Fsp3) is 0.318. The summed E-state index contributed by atoms with van der Waals surface area (Å²) in [6, 6.07) is 15.0.